The van der Waals surface area contributed by atoms with Crippen LogP contribution in [0.15, 0.2) is 0 Å². The van der Waals surface area contributed by atoms with Crippen LogP contribution in [0.2, 0.25) is 0 Å². The van der Waals surface area contributed by atoms with Gasteiger partial charge >= 0.3 is 21.9 Å². The minimum atomic E-state index is -0.684. The van der Waals surface area contributed by atoms with E-state index < -0.39 is 15.9 Å². The number of esters is 1. The van der Waals surface area contributed by atoms with Crippen molar-refractivity contribution in [3.8, 4) is 0 Å². The van der Waals surface area contributed by atoms with Crippen molar-refractivity contribution >= 4 is 27.6 Å². The molecular weight excluding hydrogens is 371 g/mol. The molecule has 0 aliphatic carbocycles. The quantitative estimate of drug-likeness (QED) is 0.135. The molecule has 0 aromatic heterocycles. The number of unbranched alkanes of at least 4 members (excludes halogenated alkanes) is 9. The first-order chi connectivity index (χ1) is 13.3. The number of rotatable bonds is 17. The van der Waals surface area contributed by atoms with Crippen molar-refractivity contribution in [2.45, 2.75) is 124 Å². The van der Waals surface area contributed by atoms with E-state index in [-0.39, 0.29) is 18.2 Å². The maximum atomic E-state index is 11.1. The molecule has 0 unspecified atom stereocenters. The highest BCUT2D eigenvalue weighted by atomic mass is 27.2. The number of Topliss-reactive ketones (excluding diaryl/α,β-unsaturated/α-hetero) is 1. The van der Waals surface area contributed by atoms with Gasteiger partial charge < -0.3 is 12.3 Å². The maximum Gasteiger partial charge on any atom is 0.650 e. The number of ether oxygens (including phenoxy) is 1. The molecule has 0 aromatic rings. The van der Waals surface area contributed by atoms with Crippen LogP contribution >= 0.6 is 0 Å². The molecule has 0 aromatic carbocycles. The van der Waals surface area contributed by atoms with E-state index in [0.29, 0.717) is 18.8 Å². The molecule has 0 N–H and O–H groups in total. The molecule has 6 heteroatoms. The fourth-order valence-electron chi connectivity index (χ4n) is 2.34. The largest absolute Gasteiger partial charge is 0.650 e. The van der Waals surface area contributed by atoms with E-state index in [2.05, 4.69) is 6.92 Å². The van der Waals surface area contributed by atoms with Crippen LogP contribution in [0.25, 0.3) is 0 Å². The highest BCUT2D eigenvalue weighted by Gasteiger charge is 2.05. The topological polar surface area (TPSA) is 61.8 Å². The van der Waals surface area contributed by atoms with Gasteiger partial charge in [-0.05, 0) is 41.0 Å². The summed E-state index contributed by atoms with van der Waals surface area (Å²) in [6.45, 7) is 12.2. The molecule has 0 atom stereocenters. The van der Waals surface area contributed by atoms with Crippen LogP contribution in [0.4, 0.5) is 0 Å². The second-order valence-corrected chi connectivity index (χ2v) is 8.73. The molecule has 0 saturated heterocycles. The molecule has 0 radical (unpaired) electrons. The van der Waals surface area contributed by atoms with Crippen molar-refractivity contribution in [2.75, 3.05) is 6.61 Å². The number of ketones is 1. The summed E-state index contributed by atoms with van der Waals surface area (Å²) in [6, 6.07) is 0. The summed E-state index contributed by atoms with van der Waals surface area (Å²) in [6.07, 6.45) is 13.2. The van der Waals surface area contributed by atoms with E-state index >= 15 is 0 Å². The van der Waals surface area contributed by atoms with Crippen LogP contribution < -0.4 is 0 Å². The van der Waals surface area contributed by atoms with E-state index in [0.717, 1.165) is 12.8 Å². The SMILES string of the molecule is CC(C)[O][AlH][O]C(C)C.CCCCCCCCCCCCOC(=O)CC(C)=O. The second-order valence-electron chi connectivity index (χ2n) is 7.83. The van der Waals surface area contributed by atoms with E-state index in [1.165, 1.54) is 58.3 Å². The van der Waals surface area contributed by atoms with Crippen LogP contribution in [0.3, 0.4) is 0 Å². The third-order valence-corrected chi connectivity index (χ3v) is 5.56. The van der Waals surface area contributed by atoms with Gasteiger partial charge in [0.15, 0.2) is 0 Å². The van der Waals surface area contributed by atoms with E-state index in [4.69, 9.17) is 12.3 Å². The van der Waals surface area contributed by atoms with E-state index in [1.54, 1.807) is 0 Å². The summed E-state index contributed by atoms with van der Waals surface area (Å²) < 4.78 is 15.5. The lowest BCUT2D eigenvalue weighted by Crippen LogP contribution is -2.14. The lowest BCUT2D eigenvalue weighted by molar-refractivity contribution is -0.145. The van der Waals surface area contributed by atoms with Crippen LogP contribution in [-0.4, -0.2) is 46.5 Å². The van der Waals surface area contributed by atoms with E-state index in [1.807, 2.05) is 27.7 Å². The first kappa shape index (κ1) is 29.8. The molecule has 0 heterocycles. The summed E-state index contributed by atoms with van der Waals surface area (Å²) in [5.41, 5.74) is 0. The lowest BCUT2D eigenvalue weighted by atomic mass is 10.1. The fourth-order valence-corrected chi connectivity index (χ4v) is 2.96. The fraction of sp³-hybridized carbons (Fsp3) is 0.909. The van der Waals surface area contributed by atoms with Crippen molar-refractivity contribution in [3.63, 3.8) is 0 Å². The zero-order valence-corrected chi connectivity index (χ0v) is 20.8. The minimum absolute atomic E-state index is 0.0856. The molecule has 0 amide bonds. The van der Waals surface area contributed by atoms with E-state index in [9.17, 15) is 9.59 Å². The van der Waals surface area contributed by atoms with Crippen LogP contribution in [0.5, 0.6) is 0 Å². The monoisotopic (exact) mass is 416 g/mol. The highest BCUT2D eigenvalue weighted by molar-refractivity contribution is 6.18. The standard InChI is InChI=1S/C16H30O3.2C3H7O.Al.H/c1-3-4-5-6-7-8-9-10-11-12-13-19-16(18)14-15(2)17;2*1-3(2)4;;/h3-14H2,1-2H3;2*3H,1-2H3;;/q;2*-1;+2;. The third kappa shape index (κ3) is 30.3. The van der Waals surface area contributed by atoms with Crippen LogP contribution in [0.1, 0.15) is 112 Å². The van der Waals surface area contributed by atoms with Gasteiger partial charge in [-0.2, -0.15) is 0 Å². The van der Waals surface area contributed by atoms with Gasteiger partial charge in [-0.15, -0.1) is 0 Å². The smallest absolute Gasteiger partial charge is 0.479 e. The molecule has 28 heavy (non-hydrogen) atoms. The predicted octanol–water partition coefficient (Wildman–Crippen LogP) is 5.53. The van der Waals surface area contributed by atoms with Crippen molar-refractivity contribution in [1.82, 2.24) is 0 Å². The zero-order chi connectivity index (χ0) is 21.6. The molecule has 0 spiro atoms. The Balaban J connectivity index is 0. The number of carbonyl (C=O) groups is 2. The van der Waals surface area contributed by atoms with Crippen molar-refractivity contribution in [1.29, 1.82) is 0 Å². The minimum Gasteiger partial charge on any atom is -0.479 e. The molecule has 0 aliphatic rings. The van der Waals surface area contributed by atoms with Gasteiger partial charge in [-0.3, -0.25) is 9.59 Å². The summed E-state index contributed by atoms with van der Waals surface area (Å²) in [5.74, 6) is -0.517. The normalized spacial score (nSPS) is 10.6. The lowest BCUT2D eigenvalue weighted by Gasteiger charge is -2.09. The Labute approximate surface area is 180 Å². The molecule has 0 fully saturated rings. The first-order valence-electron chi connectivity index (χ1n) is 11.2. The first-order valence-corrected chi connectivity index (χ1v) is 12.3. The second kappa shape index (κ2) is 22.9. The maximum absolute atomic E-state index is 11.1. The van der Waals surface area contributed by atoms with Gasteiger partial charge in [0.1, 0.15) is 12.2 Å². The van der Waals surface area contributed by atoms with Crippen molar-refractivity contribution in [3.05, 3.63) is 0 Å². The van der Waals surface area contributed by atoms with Gasteiger partial charge in [-0.25, -0.2) is 0 Å². The van der Waals surface area contributed by atoms with Gasteiger partial charge in [-0.1, -0.05) is 64.7 Å². The van der Waals surface area contributed by atoms with Crippen LogP contribution in [-0.2, 0) is 21.9 Å². The Morgan fingerprint density at radius 1 is 0.750 bits per heavy atom. The van der Waals surface area contributed by atoms with Crippen molar-refractivity contribution < 1.29 is 21.9 Å². The summed E-state index contributed by atoms with van der Waals surface area (Å²) in [5, 5.41) is 0. The zero-order valence-electron chi connectivity index (χ0n) is 19.4. The Morgan fingerprint density at radius 2 is 1.18 bits per heavy atom. The number of hydrogen-bond donors (Lipinski definition) is 0. The summed E-state index contributed by atoms with van der Waals surface area (Å²) in [7, 11) is 0. The Kier molecular flexibility index (Phi) is 24.3. The molecule has 166 valence electrons. The van der Waals surface area contributed by atoms with Gasteiger partial charge in [0.25, 0.3) is 0 Å². The molecule has 5 nitrogen and oxygen atoms in total. The average Bonchev–Trinajstić information content (AvgIpc) is 2.59. The van der Waals surface area contributed by atoms with Gasteiger partial charge in [0.05, 0.1) is 6.61 Å². The Morgan fingerprint density at radius 3 is 1.57 bits per heavy atom. The highest BCUT2D eigenvalue weighted by Crippen LogP contribution is 2.10. The third-order valence-electron chi connectivity index (χ3n) is 3.96. The molecular formula is C22H45AlO5. The Hall–Kier alpha value is -0.408. The molecule has 0 aliphatic heterocycles. The summed E-state index contributed by atoms with van der Waals surface area (Å²) >= 11 is -0.684. The average molecular weight is 417 g/mol. The molecule has 0 saturated carbocycles. The van der Waals surface area contributed by atoms with Crippen LogP contribution in [0, 0.1) is 0 Å². The van der Waals surface area contributed by atoms with Gasteiger partial charge in [0, 0.05) is 12.2 Å². The number of carbonyl (C=O) groups excluding carboxylic acids is 2. The summed E-state index contributed by atoms with van der Waals surface area (Å²) in [4.78, 5) is 21.7. The van der Waals surface area contributed by atoms with Gasteiger partial charge in [0.2, 0.25) is 0 Å². The van der Waals surface area contributed by atoms with Crippen molar-refractivity contribution in [2.24, 2.45) is 0 Å². The molecule has 0 rings (SSSR count). The predicted molar refractivity (Wildman–Crippen MR) is 118 cm³/mol. The number of hydrogen-bond acceptors (Lipinski definition) is 5. The molecule has 0 bridgehead atoms. The Bertz CT molecular complexity index is 351.